The summed E-state index contributed by atoms with van der Waals surface area (Å²) in [6.45, 7) is 0.178. The standard InChI is InChI=1S/C18H14N4O2/c19-11-14-6-8-15(9-7-14)18(23)20-12-16-21-17(24-22-16)10-13-4-2-1-3-5-13/h1-9H,10,12H2,(H,20,23). The fourth-order valence-electron chi connectivity index (χ4n) is 2.16. The van der Waals surface area contributed by atoms with E-state index < -0.39 is 0 Å². The van der Waals surface area contributed by atoms with E-state index in [4.69, 9.17) is 9.78 Å². The van der Waals surface area contributed by atoms with Gasteiger partial charge in [0.2, 0.25) is 5.89 Å². The first-order valence-electron chi connectivity index (χ1n) is 7.38. The summed E-state index contributed by atoms with van der Waals surface area (Å²) >= 11 is 0. The van der Waals surface area contributed by atoms with Gasteiger partial charge in [0.05, 0.1) is 24.6 Å². The molecule has 1 N–H and O–H groups in total. The molecule has 0 saturated heterocycles. The van der Waals surface area contributed by atoms with E-state index in [2.05, 4.69) is 15.5 Å². The van der Waals surface area contributed by atoms with E-state index in [1.165, 1.54) is 0 Å². The Bertz CT molecular complexity index is 864. The lowest BCUT2D eigenvalue weighted by Crippen LogP contribution is -2.23. The second-order valence-electron chi connectivity index (χ2n) is 5.14. The Hall–Kier alpha value is -3.46. The molecule has 1 heterocycles. The number of aromatic nitrogens is 2. The van der Waals surface area contributed by atoms with Crippen LogP contribution in [-0.4, -0.2) is 16.0 Å². The van der Waals surface area contributed by atoms with Crippen molar-refractivity contribution in [2.24, 2.45) is 0 Å². The van der Waals surface area contributed by atoms with Gasteiger partial charge in [0, 0.05) is 5.56 Å². The summed E-state index contributed by atoms with van der Waals surface area (Å²) in [7, 11) is 0. The number of hydrogen-bond acceptors (Lipinski definition) is 5. The lowest BCUT2D eigenvalue weighted by atomic mass is 10.1. The molecule has 1 aromatic heterocycles. The van der Waals surface area contributed by atoms with Crippen molar-refractivity contribution >= 4 is 5.91 Å². The average molecular weight is 318 g/mol. The molecular weight excluding hydrogens is 304 g/mol. The zero-order valence-corrected chi connectivity index (χ0v) is 12.8. The Balaban J connectivity index is 1.57. The lowest BCUT2D eigenvalue weighted by Gasteiger charge is -2.02. The van der Waals surface area contributed by atoms with Crippen molar-refractivity contribution < 1.29 is 9.32 Å². The summed E-state index contributed by atoms with van der Waals surface area (Å²) < 4.78 is 5.19. The van der Waals surface area contributed by atoms with Crippen LogP contribution in [0.5, 0.6) is 0 Å². The summed E-state index contributed by atoms with van der Waals surface area (Å²) in [5.41, 5.74) is 2.06. The number of benzene rings is 2. The monoisotopic (exact) mass is 318 g/mol. The van der Waals surface area contributed by atoms with Gasteiger partial charge in [-0.2, -0.15) is 10.2 Å². The fraction of sp³-hybridized carbons (Fsp3) is 0.111. The summed E-state index contributed by atoms with van der Waals surface area (Å²) in [5, 5.41) is 15.3. The molecule has 0 fully saturated rings. The topological polar surface area (TPSA) is 91.8 Å². The fourth-order valence-corrected chi connectivity index (χ4v) is 2.16. The number of rotatable bonds is 5. The van der Waals surface area contributed by atoms with Crippen LogP contribution in [0.1, 0.15) is 33.2 Å². The number of nitriles is 1. The number of nitrogens with one attached hydrogen (secondary N) is 1. The van der Waals surface area contributed by atoms with Crippen LogP contribution < -0.4 is 5.32 Å². The van der Waals surface area contributed by atoms with Crippen molar-refractivity contribution in [2.75, 3.05) is 0 Å². The molecule has 0 saturated carbocycles. The van der Waals surface area contributed by atoms with E-state index in [9.17, 15) is 4.79 Å². The molecule has 6 heteroatoms. The molecule has 2 aromatic carbocycles. The van der Waals surface area contributed by atoms with Crippen molar-refractivity contribution in [2.45, 2.75) is 13.0 Å². The second-order valence-corrected chi connectivity index (χ2v) is 5.14. The van der Waals surface area contributed by atoms with Crippen LogP contribution in [0.2, 0.25) is 0 Å². The van der Waals surface area contributed by atoms with Crippen molar-refractivity contribution in [3.63, 3.8) is 0 Å². The number of hydrogen-bond donors (Lipinski definition) is 1. The minimum absolute atomic E-state index is 0.178. The lowest BCUT2D eigenvalue weighted by molar-refractivity contribution is 0.0949. The molecule has 0 atom stereocenters. The Kier molecular flexibility index (Phi) is 4.63. The zero-order valence-electron chi connectivity index (χ0n) is 12.8. The van der Waals surface area contributed by atoms with Crippen LogP contribution in [0.3, 0.4) is 0 Å². The first kappa shape index (κ1) is 15.4. The maximum absolute atomic E-state index is 12.0. The first-order valence-corrected chi connectivity index (χ1v) is 7.38. The van der Waals surface area contributed by atoms with Crippen LogP contribution in [0, 0.1) is 11.3 Å². The molecule has 0 bridgehead atoms. The van der Waals surface area contributed by atoms with Crippen LogP contribution in [0.15, 0.2) is 59.1 Å². The van der Waals surface area contributed by atoms with E-state index in [0.29, 0.717) is 29.3 Å². The van der Waals surface area contributed by atoms with Gasteiger partial charge in [0.25, 0.3) is 5.91 Å². The van der Waals surface area contributed by atoms with Gasteiger partial charge in [0.1, 0.15) is 0 Å². The van der Waals surface area contributed by atoms with Crippen molar-refractivity contribution in [3.05, 3.63) is 83.0 Å². The molecule has 3 aromatic rings. The Morgan fingerprint density at radius 3 is 2.58 bits per heavy atom. The van der Waals surface area contributed by atoms with Crippen LogP contribution >= 0.6 is 0 Å². The average Bonchev–Trinajstić information content (AvgIpc) is 3.08. The van der Waals surface area contributed by atoms with E-state index >= 15 is 0 Å². The van der Waals surface area contributed by atoms with Gasteiger partial charge in [-0.25, -0.2) is 0 Å². The van der Waals surface area contributed by atoms with E-state index in [1.54, 1.807) is 24.3 Å². The van der Waals surface area contributed by atoms with Gasteiger partial charge in [0.15, 0.2) is 5.82 Å². The van der Waals surface area contributed by atoms with Gasteiger partial charge >= 0.3 is 0 Å². The molecule has 0 radical (unpaired) electrons. The highest BCUT2D eigenvalue weighted by atomic mass is 16.5. The highest BCUT2D eigenvalue weighted by Crippen LogP contribution is 2.08. The molecule has 0 unspecified atom stereocenters. The minimum atomic E-state index is -0.256. The molecule has 6 nitrogen and oxygen atoms in total. The molecule has 0 aliphatic carbocycles. The summed E-state index contributed by atoms with van der Waals surface area (Å²) in [4.78, 5) is 16.3. The first-order chi connectivity index (χ1) is 11.7. The maximum atomic E-state index is 12.0. The van der Waals surface area contributed by atoms with Crippen molar-refractivity contribution in [1.82, 2.24) is 15.5 Å². The Labute approximate surface area is 138 Å². The highest BCUT2D eigenvalue weighted by Gasteiger charge is 2.10. The van der Waals surface area contributed by atoms with Gasteiger partial charge < -0.3 is 9.84 Å². The molecule has 1 amide bonds. The molecule has 0 aliphatic rings. The predicted molar refractivity (Wildman–Crippen MR) is 85.9 cm³/mol. The second kappa shape index (κ2) is 7.20. The van der Waals surface area contributed by atoms with Gasteiger partial charge in [-0.05, 0) is 29.8 Å². The van der Waals surface area contributed by atoms with Gasteiger partial charge in [-0.1, -0.05) is 35.5 Å². The third-order valence-electron chi connectivity index (χ3n) is 3.39. The number of nitrogens with zero attached hydrogens (tertiary/aromatic N) is 3. The third-order valence-corrected chi connectivity index (χ3v) is 3.39. The maximum Gasteiger partial charge on any atom is 0.251 e. The Morgan fingerprint density at radius 2 is 1.88 bits per heavy atom. The van der Waals surface area contributed by atoms with Gasteiger partial charge in [-0.15, -0.1) is 0 Å². The Morgan fingerprint density at radius 1 is 1.12 bits per heavy atom. The largest absolute Gasteiger partial charge is 0.345 e. The molecule has 0 spiro atoms. The van der Waals surface area contributed by atoms with Crippen LogP contribution in [0.25, 0.3) is 0 Å². The SMILES string of the molecule is N#Cc1ccc(C(=O)NCc2noc(Cc3ccccc3)n2)cc1. The molecule has 118 valence electrons. The zero-order chi connectivity index (χ0) is 16.8. The smallest absolute Gasteiger partial charge is 0.251 e. The number of carbonyl (C=O) groups excluding carboxylic acids is 1. The van der Waals surface area contributed by atoms with Crippen molar-refractivity contribution in [1.29, 1.82) is 5.26 Å². The summed E-state index contributed by atoms with van der Waals surface area (Å²) in [6, 6.07) is 18.2. The predicted octanol–water partition coefficient (Wildman–Crippen LogP) is 2.46. The van der Waals surface area contributed by atoms with Gasteiger partial charge in [-0.3, -0.25) is 4.79 Å². The van der Waals surface area contributed by atoms with Crippen LogP contribution in [0.4, 0.5) is 0 Å². The number of amides is 1. The van der Waals surface area contributed by atoms with E-state index in [1.807, 2.05) is 36.4 Å². The van der Waals surface area contributed by atoms with E-state index in [0.717, 1.165) is 5.56 Å². The quantitative estimate of drug-likeness (QED) is 0.780. The normalized spacial score (nSPS) is 10.1. The van der Waals surface area contributed by atoms with Crippen molar-refractivity contribution in [3.8, 4) is 6.07 Å². The molecule has 3 rings (SSSR count). The molecule has 0 aliphatic heterocycles. The number of carbonyl (C=O) groups is 1. The third kappa shape index (κ3) is 3.84. The summed E-state index contributed by atoms with van der Waals surface area (Å²) in [6.07, 6.45) is 0.553. The van der Waals surface area contributed by atoms with E-state index in [-0.39, 0.29) is 12.5 Å². The molecule has 24 heavy (non-hydrogen) atoms. The van der Waals surface area contributed by atoms with Crippen LogP contribution in [-0.2, 0) is 13.0 Å². The summed E-state index contributed by atoms with van der Waals surface area (Å²) in [5.74, 6) is 0.667. The minimum Gasteiger partial charge on any atom is -0.345 e. The highest BCUT2D eigenvalue weighted by molar-refractivity contribution is 5.94. The molecular formula is C18H14N4O2.